The van der Waals surface area contributed by atoms with Crippen LogP contribution in [0.25, 0.3) is 6.08 Å². The Hall–Kier alpha value is -1.77. The lowest BCUT2D eigenvalue weighted by Gasteiger charge is -2.13. The Labute approximate surface area is 113 Å². The summed E-state index contributed by atoms with van der Waals surface area (Å²) in [5.74, 6) is 0.875. The number of amides is 1. The van der Waals surface area contributed by atoms with Crippen LogP contribution in [0.3, 0.4) is 0 Å². The summed E-state index contributed by atoms with van der Waals surface area (Å²) in [4.78, 5) is 11.8. The van der Waals surface area contributed by atoms with E-state index in [0.717, 1.165) is 18.0 Å². The molecule has 2 fully saturated rings. The van der Waals surface area contributed by atoms with Gasteiger partial charge in [0, 0.05) is 18.3 Å². The molecule has 0 aromatic heterocycles. The SMILES string of the molecule is Nc1cccc(/C=C/C(=O)NCC2(C3CC3)CC2)c1. The van der Waals surface area contributed by atoms with Crippen molar-refractivity contribution in [1.29, 1.82) is 0 Å². The first kappa shape index (κ1) is 12.3. The highest BCUT2D eigenvalue weighted by atomic mass is 16.1. The van der Waals surface area contributed by atoms with Crippen molar-refractivity contribution in [2.75, 3.05) is 12.3 Å². The van der Waals surface area contributed by atoms with Crippen molar-refractivity contribution >= 4 is 17.7 Å². The molecule has 19 heavy (non-hydrogen) atoms. The van der Waals surface area contributed by atoms with Crippen LogP contribution in [0.5, 0.6) is 0 Å². The van der Waals surface area contributed by atoms with Crippen molar-refractivity contribution in [1.82, 2.24) is 5.32 Å². The van der Waals surface area contributed by atoms with Crippen LogP contribution in [-0.4, -0.2) is 12.5 Å². The molecule has 0 aliphatic heterocycles. The average molecular weight is 256 g/mol. The predicted octanol–water partition coefficient (Wildman–Crippen LogP) is 2.59. The number of carbonyl (C=O) groups excluding carboxylic acids is 1. The van der Waals surface area contributed by atoms with E-state index in [4.69, 9.17) is 5.73 Å². The second-order valence-electron chi connectivity index (χ2n) is 5.86. The number of rotatable bonds is 5. The summed E-state index contributed by atoms with van der Waals surface area (Å²) in [5.41, 5.74) is 7.83. The molecule has 0 unspecified atom stereocenters. The van der Waals surface area contributed by atoms with E-state index >= 15 is 0 Å². The quantitative estimate of drug-likeness (QED) is 0.628. The number of nitrogen functional groups attached to an aromatic ring is 1. The lowest BCUT2D eigenvalue weighted by Crippen LogP contribution is -2.29. The standard InChI is InChI=1S/C16H20N2O/c17-14-3-1-2-12(10-14)4-7-15(19)18-11-16(8-9-16)13-5-6-13/h1-4,7,10,13H,5-6,8-9,11,17H2,(H,18,19)/b7-4+. The first-order valence-corrected chi connectivity index (χ1v) is 6.99. The minimum Gasteiger partial charge on any atom is -0.399 e. The molecule has 0 spiro atoms. The number of hydrogen-bond acceptors (Lipinski definition) is 2. The van der Waals surface area contributed by atoms with E-state index in [2.05, 4.69) is 5.32 Å². The number of nitrogens with one attached hydrogen (secondary N) is 1. The molecule has 3 nitrogen and oxygen atoms in total. The summed E-state index contributed by atoms with van der Waals surface area (Å²) in [7, 11) is 0. The maximum atomic E-state index is 11.8. The van der Waals surface area contributed by atoms with Crippen molar-refractivity contribution in [2.45, 2.75) is 25.7 Å². The Kier molecular flexibility index (Phi) is 3.05. The second kappa shape index (κ2) is 4.72. The molecule has 2 aliphatic rings. The maximum Gasteiger partial charge on any atom is 0.244 e. The Bertz CT molecular complexity index is 513. The molecule has 2 aliphatic carbocycles. The number of hydrogen-bond donors (Lipinski definition) is 2. The molecule has 0 atom stereocenters. The number of nitrogens with two attached hydrogens (primary N) is 1. The molecule has 3 N–H and O–H groups in total. The van der Waals surface area contributed by atoms with Gasteiger partial charge < -0.3 is 11.1 Å². The third-order valence-electron chi connectivity index (χ3n) is 4.29. The zero-order chi connectivity index (χ0) is 13.3. The molecule has 1 aromatic carbocycles. The van der Waals surface area contributed by atoms with Crippen LogP contribution in [0.2, 0.25) is 0 Å². The minimum absolute atomic E-state index is 0.00523. The molecule has 3 heteroatoms. The van der Waals surface area contributed by atoms with Crippen LogP contribution in [0, 0.1) is 11.3 Å². The fourth-order valence-electron chi connectivity index (χ4n) is 2.74. The van der Waals surface area contributed by atoms with Gasteiger partial charge in [0.05, 0.1) is 0 Å². The lowest BCUT2D eigenvalue weighted by molar-refractivity contribution is -0.116. The molecule has 1 aromatic rings. The van der Waals surface area contributed by atoms with Crippen LogP contribution >= 0.6 is 0 Å². The van der Waals surface area contributed by atoms with E-state index in [1.807, 2.05) is 30.3 Å². The average Bonchev–Trinajstić information content (AvgIpc) is 3.27. The Balaban J connectivity index is 1.51. The number of benzene rings is 1. The van der Waals surface area contributed by atoms with Crippen molar-refractivity contribution in [3.8, 4) is 0 Å². The third kappa shape index (κ3) is 2.98. The predicted molar refractivity (Wildman–Crippen MR) is 77.3 cm³/mol. The topological polar surface area (TPSA) is 55.1 Å². The molecule has 0 heterocycles. The smallest absolute Gasteiger partial charge is 0.244 e. The highest BCUT2D eigenvalue weighted by molar-refractivity contribution is 5.91. The Morgan fingerprint density at radius 2 is 2.21 bits per heavy atom. The van der Waals surface area contributed by atoms with Crippen LogP contribution < -0.4 is 11.1 Å². The third-order valence-corrected chi connectivity index (χ3v) is 4.29. The first-order chi connectivity index (χ1) is 9.18. The van der Waals surface area contributed by atoms with E-state index < -0.39 is 0 Å². The molecule has 3 rings (SSSR count). The number of carbonyl (C=O) groups is 1. The summed E-state index contributed by atoms with van der Waals surface area (Å²) in [5, 5.41) is 3.03. The van der Waals surface area contributed by atoms with Crippen molar-refractivity contribution in [2.24, 2.45) is 11.3 Å². The van der Waals surface area contributed by atoms with Crippen LogP contribution in [0.15, 0.2) is 30.3 Å². The van der Waals surface area contributed by atoms with Gasteiger partial charge in [-0.3, -0.25) is 4.79 Å². The van der Waals surface area contributed by atoms with Crippen LogP contribution in [0.4, 0.5) is 5.69 Å². The summed E-state index contributed by atoms with van der Waals surface area (Å²) in [6, 6.07) is 7.52. The zero-order valence-electron chi connectivity index (χ0n) is 11.1. The van der Waals surface area contributed by atoms with Crippen LogP contribution in [-0.2, 0) is 4.79 Å². The van der Waals surface area contributed by atoms with Gasteiger partial charge in [0.25, 0.3) is 0 Å². The van der Waals surface area contributed by atoms with Gasteiger partial charge in [-0.25, -0.2) is 0 Å². The highest BCUT2D eigenvalue weighted by Gasteiger charge is 2.53. The molecule has 0 radical (unpaired) electrons. The largest absolute Gasteiger partial charge is 0.399 e. The van der Waals surface area contributed by atoms with Gasteiger partial charge in [0.1, 0.15) is 0 Å². The van der Waals surface area contributed by atoms with Crippen molar-refractivity contribution in [3.63, 3.8) is 0 Å². The second-order valence-corrected chi connectivity index (χ2v) is 5.86. The fourth-order valence-corrected chi connectivity index (χ4v) is 2.74. The Morgan fingerprint density at radius 1 is 1.42 bits per heavy atom. The van der Waals surface area contributed by atoms with Gasteiger partial charge in [-0.05, 0) is 60.8 Å². The van der Waals surface area contributed by atoms with E-state index in [9.17, 15) is 4.79 Å². The van der Waals surface area contributed by atoms with E-state index in [1.165, 1.54) is 25.7 Å². The monoisotopic (exact) mass is 256 g/mol. The zero-order valence-corrected chi connectivity index (χ0v) is 11.1. The van der Waals surface area contributed by atoms with Gasteiger partial charge in [0.15, 0.2) is 0 Å². The molecule has 1 amide bonds. The molecular weight excluding hydrogens is 236 g/mol. The fraction of sp³-hybridized carbons (Fsp3) is 0.438. The van der Waals surface area contributed by atoms with Gasteiger partial charge in [-0.1, -0.05) is 12.1 Å². The molecule has 100 valence electrons. The van der Waals surface area contributed by atoms with E-state index in [0.29, 0.717) is 11.1 Å². The van der Waals surface area contributed by atoms with Gasteiger partial charge >= 0.3 is 0 Å². The van der Waals surface area contributed by atoms with Crippen molar-refractivity contribution in [3.05, 3.63) is 35.9 Å². The molecule has 0 bridgehead atoms. The van der Waals surface area contributed by atoms with Gasteiger partial charge in [-0.15, -0.1) is 0 Å². The highest BCUT2D eigenvalue weighted by Crippen LogP contribution is 2.60. The number of anilines is 1. The lowest BCUT2D eigenvalue weighted by atomic mass is 10.0. The summed E-state index contributed by atoms with van der Waals surface area (Å²) in [6.07, 6.45) is 8.69. The minimum atomic E-state index is -0.00523. The first-order valence-electron chi connectivity index (χ1n) is 6.99. The maximum absolute atomic E-state index is 11.8. The van der Waals surface area contributed by atoms with E-state index in [-0.39, 0.29) is 5.91 Å². The Morgan fingerprint density at radius 3 is 2.84 bits per heavy atom. The van der Waals surface area contributed by atoms with Gasteiger partial charge in [0.2, 0.25) is 5.91 Å². The summed E-state index contributed by atoms with van der Waals surface area (Å²) < 4.78 is 0. The van der Waals surface area contributed by atoms with Gasteiger partial charge in [-0.2, -0.15) is 0 Å². The summed E-state index contributed by atoms with van der Waals surface area (Å²) >= 11 is 0. The summed E-state index contributed by atoms with van der Waals surface area (Å²) in [6.45, 7) is 0.845. The molecule has 0 saturated heterocycles. The molecular formula is C16H20N2O. The van der Waals surface area contributed by atoms with Crippen LogP contribution in [0.1, 0.15) is 31.2 Å². The normalized spacial score (nSPS) is 20.4. The van der Waals surface area contributed by atoms with E-state index in [1.54, 1.807) is 6.08 Å². The van der Waals surface area contributed by atoms with Crippen molar-refractivity contribution < 1.29 is 4.79 Å². The molecule has 2 saturated carbocycles.